The highest BCUT2D eigenvalue weighted by Crippen LogP contribution is 2.17. The van der Waals surface area contributed by atoms with Crippen LogP contribution in [0.1, 0.15) is 18.9 Å². The molecule has 1 unspecified atom stereocenters. The molecule has 2 aliphatic rings. The Morgan fingerprint density at radius 1 is 1.32 bits per heavy atom. The number of urea groups is 1. The lowest BCUT2D eigenvalue weighted by atomic mass is 10.1. The van der Waals surface area contributed by atoms with Gasteiger partial charge in [0, 0.05) is 26.2 Å². The maximum atomic E-state index is 12.3. The van der Waals surface area contributed by atoms with Crippen LogP contribution in [0.5, 0.6) is 5.75 Å². The SMILES string of the molecule is CCOc1ccc(CCCNC(=O)N2CCN3C(=O)OCC3C2)cc1. The van der Waals surface area contributed by atoms with Gasteiger partial charge in [0.2, 0.25) is 0 Å². The summed E-state index contributed by atoms with van der Waals surface area (Å²) in [6.45, 7) is 5.28. The van der Waals surface area contributed by atoms with Gasteiger partial charge in [0.15, 0.2) is 0 Å². The van der Waals surface area contributed by atoms with E-state index >= 15 is 0 Å². The van der Waals surface area contributed by atoms with E-state index in [1.165, 1.54) is 5.56 Å². The van der Waals surface area contributed by atoms with Gasteiger partial charge in [-0.2, -0.15) is 0 Å². The van der Waals surface area contributed by atoms with Crippen LogP contribution in [-0.2, 0) is 11.2 Å². The number of cyclic esters (lactones) is 1. The second-order valence-corrected chi connectivity index (χ2v) is 6.28. The van der Waals surface area contributed by atoms with Crippen molar-refractivity contribution in [2.24, 2.45) is 0 Å². The number of carbonyl (C=O) groups is 2. The fourth-order valence-corrected chi connectivity index (χ4v) is 3.19. The molecule has 136 valence electrons. The summed E-state index contributed by atoms with van der Waals surface area (Å²) >= 11 is 0. The lowest BCUT2D eigenvalue weighted by Crippen LogP contribution is -2.56. The molecule has 2 heterocycles. The van der Waals surface area contributed by atoms with Gasteiger partial charge in [0.25, 0.3) is 0 Å². The average molecular weight is 347 g/mol. The molecule has 0 aliphatic carbocycles. The number of carbonyl (C=O) groups excluding carboxylic acids is 2. The molecule has 2 saturated heterocycles. The number of piperazine rings is 1. The number of ether oxygens (including phenoxy) is 2. The summed E-state index contributed by atoms with van der Waals surface area (Å²) in [4.78, 5) is 27.2. The normalized spacial score (nSPS) is 19.4. The zero-order chi connectivity index (χ0) is 17.6. The molecule has 2 aliphatic heterocycles. The van der Waals surface area contributed by atoms with Gasteiger partial charge in [-0.1, -0.05) is 12.1 Å². The van der Waals surface area contributed by atoms with Crippen LogP contribution < -0.4 is 10.1 Å². The number of hydrogen-bond donors (Lipinski definition) is 1. The minimum atomic E-state index is -0.264. The molecule has 0 spiro atoms. The fraction of sp³-hybridized carbons (Fsp3) is 0.556. The van der Waals surface area contributed by atoms with E-state index < -0.39 is 0 Å². The second-order valence-electron chi connectivity index (χ2n) is 6.28. The molecule has 3 amide bonds. The van der Waals surface area contributed by atoms with Crippen molar-refractivity contribution in [3.05, 3.63) is 29.8 Å². The molecule has 1 aromatic rings. The molecule has 3 rings (SSSR count). The maximum absolute atomic E-state index is 12.3. The van der Waals surface area contributed by atoms with Crippen LogP contribution in [0.3, 0.4) is 0 Å². The number of rotatable bonds is 6. The van der Waals surface area contributed by atoms with Crippen molar-refractivity contribution in [2.75, 3.05) is 39.4 Å². The Morgan fingerprint density at radius 3 is 2.88 bits per heavy atom. The van der Waals surface area contributed by atoms with Gasteiger partial charge in [-0.25, -0.2) is 9.59 Å². The summed E-state index contributed by atoms with van der Waals surface area (Å²) in [6, 6.07) is 8.00. The predicted molar refractivity (Wildman–Crippen MR) is 92.7 cm³/mol. The first-order valence-electron chi connectivity index (χ1n) is 8.85. The van der Waals surface area contributed by atoms with Crippen LogP contribution in [0.15, 0.2) is 24.3 Å². The van der Waals surface area contributed by atoms with Gasteiger partial charge in [-0.05, 0) is 37.5 Å². The van der Waals surface area contributed by atoms with Crippen molar-refractivity contribution in [2.45, 2.75) is 25.8 Å². The summed E-state index contributed by atoms with van der Waals surface area (Å²) in [5.41, 5.74) is 1.23. The molecule has 7 nitrogen and oxygen atoms in total. The Balaban J connectivity index is 1.36. The molecule has 1 aromatic carbocycles. The molecule has 1 N–H and O–H groups in total. The van der Waals surface area contributed by atoms with Gasteiger partial charge >= 0.3 is 12.1 Å². The van der Waals surface area contributed by atoms with E-state index in [1.54, 1.807) is 9.80 Å². The third-order valence-electron chi connectivity index (χ3n) is 4.56. The Labute approximate surface area is 147 Å². The summed E-state index contributed by atoms with van der Waals surface area (Å²) in [7, 11) is 0. The molecule has 0 saturated carbocycles. The van der Waals surface area contributed by atoms with E-state index in [-0.39, 0.29) is 18.2 Å². The van der Waals surface area contributed by atoms with E-state index in [9.17, 15) is 9.59 Å². The van der Waals surface area contributed by atoms with Crippen LogP contribution in [0.2, 0.25) is 0 Å². The van der Waals surface area contributed by atoms with Gasteiger partial charge in [0.05, 0.1) is 12.6 Å². The molecule has 0 radical (unpaired) electrons. The number of aryl methyl sites for hydroxylation is 1. The first-order valence-corrected chi connectivity index (χ1v) is 8.85. The fourth-order valence-electron chi connectivity index (χ4n) is 3.19. The predicted octanol–water partition coefficient (Wildman–Crippen LogP) is 1.86. The lowest BCUT2D eigenvalue weighted by Gasteiger charge is -2.35. The summed E-state index contributed by atoms with van der Waals surface area (Å²) in [5, 5.41) is 2.96. The summed E-state index contributed by atoms with van der Waals surface area (Å²) in [5.74, 6) is 0.882. The van der Waals surface area contributed by atoms with E-state index in [4.69, 9.17) is 9.47 Å². The Kier molecular flexibility index (Phi) is 5.63. The van der Waals surface area contributed by atoms with Crippen LogP contribution in [0, 0.1) is 0 Å². The minimum Gasteiger partial charge on any atom is -0.494 e. The van der Waals surface area contributed by atoms with Crippen molar-refractivity contribution < 1.29 is 19.1 Å². The van der Waals surface area contributed by atoms with E-state index in [0.717, 1.165) is 18.6 Å². The van der Waals surface area contributed by atoms with Crippen molar-refractivity contribution in [1.82, 2.24) is 15.1 Å². The third-order valence-corrected chi connectivity index (χ3v) is 4.56. The number of hydrogen-bond acceptors (Lipinski definition) is 4. The minimum absolute atomic E-state index is 0.00384. The quantitative estimate of drug-likeness (QED) is 0.798. The zero-order valence-corrected chi connectivity index (χ0v) is 14.6. The standard InChI is InChI=1S/C18H25N3O4/c1-2-24-16-7-5-14(6-8-16)4-3-9-19-17(22)20-10-11-21-15(12-20)13-25-18(21)23/h5-8,15H,2-4,9-13H2,1H3,(H,19,22). The summed E-state index contributed by atoms with van der Waals surface area (Å²) in [6.07, 6.45) is 1.52. The van der Waals surface area contributed by atoms with Crippen LogP contribution in [0.4, 0.5) is 9.59 Å². The Bertz CT molecular complexity index is 605. The van der Waals surface area contributed by atoms with Crippen LogP contribution in [-0.4, -0.2) is 67.4 Å². The molecule has 0 aromatic heterocycles. The van der Waals surface area contributed by atoms with Crippen molar-refractivity contribution in [3.8, 4) is 5.75 Å². The van der Waals surface area contributed by atoms with Gasteiger partial charge in [0.1, 0.15) is 12.4 Å². The molecular weight excluding hydrogens is 322 g/mol. The number of nitrogens with zero attached hydrogens (tertiary/aromatic N) is 2. The zero-order valence-electron chi connectivity index (χ0n) is 14.6. The Hall–Kier alpha value is -2.44. The molecule has 25 heavy (non-hydrogen) atoms. The number of benzene rings is 1. The smallest absolute Gasteiger partial charge is 0.410 e. The lowest BCUT2D eigenvalue weighted by molar-refractivity contribution is 0.127. The number of nitrogens with one attached hydrogen (secondary N) is 1. The first kappa shape index (κ1) is 17.4. The number of fused-ring (bicyclic) bond motifs is 1. The topological polar surface area (TPSA) is 71.1 Å². The molecule has 1 atom stereocenters. The largest absolute Gasteiger partial charge is 0.494 e. The van der Waals surface area contributed by atoms with E-state index in [2.05, 4.69) is 17.4 Å². The highest BCUT2D eigenvalue weighted by Gasteiger charge is 2.38. The number of amides is 3. The highest BCUT2D eigenvalue weighted by atomic mass is 16.6. The molecule has 7 heteroatoms. The van der Waals surface area contributed by atoms with Gasteiger partial charge in [-0.15, -0.1) is 0 Å². The molecule has 0 bridgehead atoms. The van der Waals surface area contributed by atoms with E-state index in [0.29, 0.717) is 39.4 Å². The second kappa shape index (κ2) is 8.09. The molecule has 2 fully saturated rings. The van der Waals surface area contributed by atoms with Crippen molar-refractivity contribution in [3.63, 3.8) is 0 Å². The first-order chi connectivity index (χ1) is 12.2. The molecular formula is C18H25N3O4. The van der Waals surface area contributed by atoms with Crippen LogP contribution in [0.25, 0.3) is 0 Å². The Morgan fingerprint density at radius 2 is 2.12 bits per heavy atom. The van der Waals surface area contributed by atoms with Gasteiger partial charge in [-0.3, -0.25) is 4.90 Å². The summed E-state index contributed by atoms with van der Waals surface area (Å²) < 4.78 is 10.4. The maximum Gasteiger partial charge on any atom is 0.410 e. The average Bonchev–Trinajstić information content (AvgIpc) is 3.00. The van der Waals surface area contributed by atoms with Crippen molar-refractivity contribution in [1.29, 1.82) is 0 Å². The van der Waals surface area contributed by atoms with Gasteiger partial charge < -0.3 is 19.7 Å². The third kappa shape index (κ3) is 4.35. The van der Waals surface area contributed by atoms with Crippen molar-refractivity contribution >= 4 is 12.1 Å². The monoisotopic (exact) mass is 347 g/mol. The van der Waals surface area contributed by atoms with E-state index in [1.807, 2.05) is 19.1 Å². The highest BCUT2D eigenvalue weighted by molar-refractivity contribution is 5.75. The van der Waals surface area contributed by atoms with Crippen LogP contribution >= 0.6 is 0 Å².